The molecule has 0 aliphatic rings. The van der Waals surface area contributed by atoms with Crippen molar-refractivity contribution in [2.24, 2.45) is 0 Å². The van der Waals surface area contributed by atoms with Gasteiger partial charge in [0.15, 0.2) is 0 Å². The maximum Gasteiger partial charge on any atom is 0.312 e. The molecule has 0 saturated carbocycles. The van der Waals surface area contributed by atoms with E-state index in [-0.39, 0.29) is 23.4 Å². The molecule has 0 atom stereocenters. The first-order valence-electron chi connectivity index (χ1n) is 4.26. The van der Waals surface area contributed by atoms with Crippen molar-refractivity contribution < 1.29 is 9.66 Å². The highest BCUT2D eigenvalue weighted by molar-refractivity contribution is 5.59. The van der Waals surface area contributed by atoms with Crippen molar-refractivity contribution in [2.45, 2.75) is 6.42 Å². The topological polar surface area (TPSA) is 99.9 Å². The number of nitro groups is 1. The van der Waals surface area contributed by atoms with Crippen LogP contribution in [0.15, 0.2) is 12.1 Å². The van der Waals surface area contributed by atoms with Gasteiger partial charge in [-0.05, 0) is 11.6 Å². The van der Waals surface area contributed by atoms with Gasteiger partial charge in [-0.15, -0.1) is 0 Å². The Morgan fingerprint density at radius 1 is 1.50 bits per heavy atom. The average molecular weight is 217 g/mol. The van der Waals surface area contributed by atoms with Crippen LogP contribution in [0.4, 0.5) is 5.69 Å². The molecule has 0 aliphatic carbocycles. The van der Waals surface area contributed by atoms with Gasteiger partial charge in [-0.3, -0.25) is 10.1 Å². The standard InChI is InChI=1S/C10H7N3O3/c1-16-10-8(6-12)4-7(2-3-11)5-9(10)13(14)15/h4-5H,2H2,1H3. The van der Waals surface area contributed by atoms with E-state index in [0.29, 0.717) is 5.56 Å². The third-order valence-electron chi connectivity index (χ3n) is 1.93. The number of nitro benzene ring substituents is 1. The Labute approximate surface area is 91.4 Å². The summed E-state index contributed by atoms with van der Waals surface area (Å²) >= 11 is 0. The van der Waals surface area contributed by atoms with Gasteiger partial charge in [0.2, 0.25) is 5.75 Å². The van der Waals surface area contributed by atoms with Crippen LogP contribution in [0.1, 0.15) is 11.1 Å². The van der Waals surface area contributed by atoms with Crippen LogP contribution in [-0.4, -0.2) is 12.0 Å². The SMILES string of the molecule is COc1c(C#N)cc(CC#N)cc1[N+](=O)[O-]. The van der Waals surface area contributed by atoms with Gasteiger partial charge < -0.3 is 4.74 Å². The van der Waals surface area contributed by atoms with Crippen LogP contribution in [-0.2, 0) is 6.42 Å². The van der Waals surface area contributed by atoms with Crippen LogP contribution >= 0.6 is 0 Å². The molecule has 0 aliphatic heterocycles. The molecule has 1 aromatic carbocycles. The van der Waals surface area contributed by atoms with Crippen LogP contribution in [0, 0.1) is 32.8 Å². The summed E-state index contributed by atoms with van der Waals surface area (Å²) in [4.78, 5) is 10.1. The molecule has 80 valence electrons. The maximum atomic E-state index is 10.7. The molecule has 16 heavy (non-hydrogen) atoms. The van der Waals surface area contributed by atoms with Crippen LogP contribution in [0.3, 0.4) is 0 Å². The number of hydrogen-bond acceptors (Lipinski definition) is 5. The lowest BCUT2D eigenvalue weighted by Gasteiger charge is -2.05. The van der Waals surface area contributed by atoms with Gasteiger partial charge in [-0.1, -0.05) is 0 Å². The van der Waals surface area contributed by atoms with Crippen molar-refractivity contribution >= 4 is 5.69 Å². The minimum absolute atomic E-state index is 0.0134. The van der Waals surface area contributed by atoms with Gasteiger partial charge in [0, 0.05) is 6.07 Å². The minimum atomic E-state index is -0.638. The van der Waals surface area contributed by atoms with Crippen molar-refractivity contribution in [1.82, 2.24) is 0 Å². The number of ether oxygens (including phenoxy) is 1. The number of methoxy groups -OCH3 is 1. The van der Waals surface area contributed by atoms with Gasteiger partial charge in [-0.2, -0.15) is 10.5 Å². The summed E-state index contributed by atoms with van der Waals surface area (Å²) < 4.78 is 4.81. The Balaban J connectivity index is 3.46. The first-order valence-corrected chi connectivity index (χ1v) is 4.26. The van der Waals surface area contributed by atoms with E-state index in [0.717, 1.165) is 0 Å². The average Bonchev–Trinajstić information content (AvgIpc) is 2.28. The Kier molecular flexibility index (Phi) is 3.41. The van der Waals surface area contributed by atoms with Gasteiger partial charge in [-0.25, -0.2) is 0 Å². The summed E-state index contributed by atoms with van der Waals surface area (Å²) in [6, 6.07) is 6.32. The van der Waals surface area contributed by atoms with Crippen molar-refractivity contribution in [3.63, 3.8) is 0 Å². The van der Waals surface area contributed by atoms with E-state index in [1.165, 1.54) is 19.2 Å². The third kappa shape index (κ3) is 2.07. The van der Waals surface area contributed by atoms with Crippen LogP contribution in [0.25, 0.3) is 0 Å². The summed E-state index contributed by atoms with van der Waals surface area (Å²) in [7, 11) is 1.26. The molecule has 0 N–H and O–H groups in total. The predicted molar refractivity (Wildman–Crippen MR) is 53.7 cm³/mol. The van der Waals surface area contributed by atoms with E-state index in [4.69, 9.17) is 15.3 Å². The Morgan fingerprint density at radius 3 is 2.62 bits per heavy atom. The molecule has 0 unspecified atom stereocenters. The van der Waals surface area contributed by atoms with Crippen molar-refractivity contribution in [1.29, 1.82) is 10.5 Å². The molecule has 0 aromatic heterocycles. The zero-order chi connectivity index (χ0) is 12.1. The molecule has 0 heterocycles. The quantitative estimate of drug-likeness (QED) is 0.564. The molecule has 6 nitrogen and oxygen atoms in total. The zero-order valence-electron chi connectivity index (χ0n) is 8.43. The van der Waals surface area contributed by atoms with E-state index < -0.39 is 4.92 Å². The molecule has 0 saturated heterocycles. The molecular formula is C10H7N3O3. The lowest BCUT2D eigenvalue weighted by atomic mass is 10.1. The maximum absolute atomic E-state index is 10.7. The van der Waals surface area contributed by atoms with Crippen LogP contribution in [0.5, 0.6) is 5.75 Å². The van der Waals surface area contributed by atoms with E-state index in [2.05, 4.69) is 0 Å². The number of benzene rings is 1. The number of rotatable bonds is 3. The molecule has 6 heteroatoms. The van der Waals surface area contributed by atoms with Gasteiger partial charge in [0.25, 0.3) is 0 Å². The molecule has 1 aromatic rings. The molecule has 0 amide bonds. The van der Waals surface area contributed by atoms with E-state index in [9.17, 15) is 10.1 Å². The normalized spacial score (nSPS) is 8.94. The smallest absolute Gasteiger partial charge is 0.312 e. The first kappa shape index (κ1) is 11.5. The lowest BCUT2D eigenvalue weighted by molar-refractivity contribution is -0.385. The summed E-state index contributed by atoms with van der Waals surface area (Å²) in [5, 5.41) is 28.1. The first-order chi connectivity index (χ1) is 7.63. The second-order valence-electron chi connectivity index (χ2n) is 2.90. The van der Waals surface area contributed by atoms with Gasteiger partial charge in [0.1, 0.15) is 11.6 Å². The van der Waals surface area contributed by atoms with Crippen molar-refractivity contribution in [3.05, 3.63) is 33.4 Å². The Morgan fingerprint density at radius 2 is 2.19 bits per heavy atom. The molecular weight excluding hydrogens is 210 g/mol. The highest BCUT2D eigenvalue weighted by atomic mass is 16.6. The van der Waals surface area contributed by atoms with E-state index >= 15 is 0 Å². The summed E-state index contributed by atoms with van der Waals surface area (Å²) in [6.07, 6.45) is 0.0134. The Bertz CT molecular complexity index is 511. The van der Waals surface area contributed by atoms with Gasteiger partial charge in [0.05, 0.1) is 24.5 Å². The van der Waals surface area contributed by atoms with E-state index in [1.807, 2.05) is 6.07 Å². The largest absolute Gasteiger partial charge is 0.489 e. The highest BCUT2D eigenvalue weighted by Crippen LogP contribution is 2.31. The number of nitrogens with zero attached hydrogens (tertiary/aromatic N) is 3. The summed E-state index contributed by atoms with van der Waals surface area (Å²) in [5.74, 6) is -0.0748. The number of hydrogen-bond donors (Lipinski definition) is 0. The fraction of sp³-hybridized carbons (Fsp3) is 0.200. The van der Waals surface area contributed by atoms with Crippen LogP contribution < -0.4 is 4.74 Å². The molecule has 1 rings (SSSR count). The molecule has 0 bridgehead atoms. The molecule has 0 fully saturated rings. The second-order valence-corrected chi connectivity index (χ2v) is 2.90. The fourth-order valence-corrected chi connectivity index (χ4v) is 1.30. The van der Waals surface area contributed by atoms with Crippen molar-refractivity contribution in [2.75, 3.05) is 7.11 Å². The zero-order valence-corrected chi connectivity index (χ0v) is 8.43. The van der Waals surface area contributed by atoms with Gasteiger partial charge >= 0.3 is 5.69 Å². The predicted octanol–water partition coefficient (Wildman–Crippen LogP) is 1.54. The summed E-state index contributed by atoms with van der Waals surface area (Å²) in [5.41, 5.74) is 0.181. The van der Waals surface area contributed by atoms with Crippen molar-refractivity contribution in [3.8, 4) is 17.9 Å². The molecule has 0 spiro atoms. The monoisotopic (exact) mass is 217 g/mol. The number of nitriles is 2. The lowest BCUT2D eigenvalue weighted by Crippen LogP contribution is -1.98. The molecule has 0 radical (unpaired) electrons. The second kappa shape index (κ2) is 4.76. The fourth-order valence-electron chi connectivity index (χ4n) is 1.30. The summed E-state index contributed by atoms with van der Waals surface area (Å²) in [6.45, 7) is 0. The van der Waals surface area contributed by atoms with Crippen LogP contribution in [0.2, 0.25) is 0 Å². The Hall–Kier alpha value is -2.60. The third-order valence-corrected chi connectivity index (χ3v) is 1.93. The highest BCUT2D eigenvalue weighted by Gasteiger charge is 2.20. The van der Waals surface area contributed by atoms with E-state index in [1.54, 1.807) is 6.07 Å². The minimum Gasteiger partial charge on any atom is -0.489 e.